The third-order valence-corrected chi connectivity index (χ3v) is 6.14. The molecule has 3 rings (SSSR count). The maximum atomic E-state index is 13.4. The summed E-state index contributed by atoms with van der Waals surface area (Å²) in [6.45, 7) is 20.0. The van der Waals surface area contributed by atoms with Crippen LogP contribution in [-0.4, -0.2) is 54.7 Å². The molecule has 2 aromatic rings. The lowest BCUT2D eigenvalue weighted by atomic mass is 10.0. The van der Waals surface area contributed by atoms with Crippen LogP contribution < -0.4 is 16.0 Å². The van der Waals surface area contributed by atoms with Crippen LogP contribution in [0.3, 0.4) is 0 Å². The normalized spacial score (nSPS) is 11.4. The number of benzene rings is 1. The van der Waals surface area contributed by atoms with Crippen molar-refractivity contribution in [3.8, 4) is 12.8 Å². The fraction of sp³-hybridized carbons (Fsp3) is 0.444. The van der Waals surface area contributed by atoms with E-state index in [2.05, 4.69) is 40.7 Å². The molecule has 1 aromatic heterocycles. The lowest BCUT2D eigenvalue weighted by Gasteiger charge is -2.08. The number of aromatic amines is 1. The number of halogens is 1. The molecule has 0 aliphatic carbocycles. The van der Waals surface area contributed by atoms with Crippen molar-refractivity contribution in [3.05, 3.63) is 63.9 Å². The van der Waals surface area contributed by atoms with Gasteiger partial charge in [-0.3, -0.25) is 19.2 Å². The van der Waals surface area contributed by atoms with Crippen LogP contribution in [-0.2, 0) is 25.6 Å². The maximum absolute atomic E-state index is 13.4. The van der Waals surface area contributed by atoms with Gasteiger partial charge in [0.15, 0.2) is 0 Å². The number of hydrogen-bond donors (Lipinski definition) is 4. The molecular weight excluding hydrogens is 585 g/mol. The van der Waals surface area contributed by atoms with Gasteiger partial charge in [-0.1, -0.05) is 40.7 Å². The lowest BCUT2D eigenvalue weighted by Crippen LogP contribution is -2.23. The Morgan fingerprint density at radius 3 is 2.09 bits per heavy atom. The molecule has 9 nitrogen and oxygen atoms in total. The molecule has 0 fully saturated rings. The predicted octanol–water partition coefficient (Wildman–Crippen LogP) is 6.77. The van der Waals surface area contributed by atoms with Crippen LogP contribution in [0.1, 0.15) is 96.3 Å². The molecule has 0 spiro atoms. The second kappa shape index (κ2) is 26.7. The van der Waals surface area contributed by atoms with E-state index in [1.54, 1.807) is 25.1 Å². The number of nitrogens with one attached hydrogen (secondary N) is 4. The number of nitrogens with zero attached hydrogens (tertiary/aromatic N) is 1. The highest BCUT2D eigenvalue weighted by molar-refractivity contribution is 6.34. The second-order valence-electron chi connectivity index (χ2n) is 9.44. The number of anilines is 1. The topological polar surface area (TPSA) is 123 Å². The molecule has 0 saturated carbocycles. The zero-order valence-corrected chi connectivity index (χ0v) is 29.9. The number of carbonyl (C=O) groups excluding carboxylic acids is 4. The molecule has 0 saturated heterocycles. The van der Waals surface area contributed by atoms with Crippen molar-refractivity contribution < 1.29 is 23.6 Å². The number of H-pyrrole nitrogens is 1. The van der Waals surface area contributed by atoms with Crippen molar-refractivity contribution in [3.63, 3.8) is 0 Å². The summed E-state index contributed by atoms with van der Waals surface area (Å²) in [5, 5.41) is 7.87. The summed E-state index contributed by atoms with van der Waals surface area (Å²) in [6.07, 6.45) is 14.4. The van der Waals surface area contributed by atoms with E-state index in [4.69, 9.17) is 0 Å². The quantitative estimate of drug-likeness (QED) is 0.110. The van der Waals surface area contributed by atoms with E-state index in [-0.39, 0.29) is 23.5 Å². The third-order valence-electron chi connectivity index (χ3n) is 6.14. The average Bonchev–Trinajstić information content (AvgIpc) is 3.50. The molecular formula is C36H56FN5O4. The van der Waals surface area contributed by atoms with Crippen molar-refractivity contribution in [1.29, 1.82) is 0 Å². The van der Waals surface area contributed by atoms with Gasteiger partial charge in [-0.2, -0.15) is 0 Å². The Labute approximate surface area is 276 Å². The SMILES string of the molecule is C#C.C/C=C(\C)NC(C)=O.CC.CC.CCc1c(C)[nH]c(/C=C2\C(=O)Nc3ccc(F)cc32)c1C.CN(C)C(=O)CCCNC=O. The number of aromatic nitrogens is 1. The molecule has 2 heterocycles. The molecule has 1 aliphatic rings. The zero-order valence-electron chi connectivity index (χ0n) is 29.9. The predicted molar refractivity (Wildman–Crippen MR) is 190 cm³/mol. The van der Waals surface area contributed by atoms with Crippen LogP contribution >= 0.6 is 0 Å². The van der Waals surface area contributed by atoms with Crippen molar-refractivity contribution in [2.45, 2.75) is 88.5 Å². The van der Waals surface area contributed by atoms with Gasteiger partial charge in [-0.05, 0) is 75.9 Å². The Morgan fingerprint density at radius 1 is 1.07 bits per heavy atom. The molecule has 1 aromatic carbocycles. The number of aryl methyl sites for hydroxylation is 1. The first kappa shape index (κ1) is 45.8. The maximum Gasteiger partial charge on any atom is 0.256 e. The van der Waals surface area contributed by atoms with E-state index >= 15 is 0 Å². The highest BCUT2D eigenvalue weighted by Crippen LogP contribution is 2.34. The van der Waals surface area contributed by atoms with Gasteiger partial charge in [0, 0.05) is 62.3 Å². The van der Waals surface area contributed by atoms with Gasteiger partial charge in [0.2, 0.25) is 18.2 Å². The van der Waals surface area contributed by atoms with E-state index in [1.165, 1.54) is 24.6 Å². The molecule has 4 amide bonds. The molecule has 4 N–H and O–H groups in total. The minimum Gasteiger partial charge on any atom is -0.359 e. The summed E-state index contributed by atoms with van der Waals surface area (Å²) < 4.78 is 13.4. The van der Waals surface area contributed by atoms with Gasteiger partial charge in [-0.25, -0.2) is 4.39 Å². The molecule has 10 heteroatoms. The van der Waals surface area contributed by atoms with E-state index < -0.39 is 0 Å². The van der Waals surface area contributed by atoms with E-state index in [9.17, 15) is 23.6 Å². The Balaban J connectivity index is -0.000000627. The monoisotopic (exact) mass is 641 g/mol. The zero-order chi connectivity index (χ0) is 36.4. The smallest absolute Gasteiger partial charge is 0.256 e. The Hall–Kier alpha value is -4.65. The van der Waals surface area contributed by atoms with Crippen LogP contribution in [0.25, 0.3) is 11.6 Å². The van der Waals surface area contributed by atoms with Crippen LogP contribution in [0.4, 0.5) is 10.1 Å². The number of terminal acetylenes is 1. The van der Waals surface area contributed by atoms with Crippen molar-refractivity contribution >= 4 is 41.5 Å². The van der Waals surface area contributed by atoms with Crippen LogP contribution in [0.2, 0.25) is 0 Å². The molecule has 256 valence electrons. The Kier molecular flexibility index (Phi) is 26.6. The van der Waals surface area contributed by atoms with E-state index in [0.29, 0.717) is 42.6 Å². The number of amides is 4. The van der Waals surface area contributed by atoms with E-state index in [1.807, 2.05) is 67.5 Å². The van der Waals surface area contributed by atoms with Crippen LogP contribution in [0, 0.1) is 32.5 Å². The summed E-state index contributed by atoms with van der Waals surface area (Å²) in [4.78, 5) is 47.9. The summed E-state index contributed by atoms with van der Waals surface area (Å²) in [7, 11) is 3.44. The third kappa shape index (κ3) is 17.0. The fourth-order valence-corrected chi connectivity index (χ4v) is 3.91. The highest BCUT2D eigenvalue weighted by Gasteiger charge is 2.25. The van der Waals surface area contributed by atoms with Gasteiger partial charge >= 0.3 is 0 Å². The lowest BCUT2D eigenvalue weighted by molar-refractivity contribution is -0.128. The summed E-state index contributed by atoms with van der Waals surface area (Å²) >= 11 is 0. The number of fused-ring (bicyclic) bond motifs is 1. The van der Waals surface area contributed by atoms with Gasteiger partial charge < -0.3 is 25.8 Å². The fourth-order valence-electron chi connectivity index (χ4n) is 3.91. The molecule has 46 heavy (non-hydrogen) atoms. The first-order valence-electron chi connectivity index (χ1n) is 15.5. The van der Waals surface area contributed by atoms with Crippen LogP contribution in [0.5, 0.6) is 0 Å². The number of allylic oxidation sites excluding steroid dienone is 2. The molecule has 0 atom stereocenters. The molecule has 0 bridgehead atoms. The Bertz CT molecular complexity index is 1310. The largest absolute Gasteiger partial charge is 0.359 e. The van der Waals surface area contributed by atoms with Gasteiger partial charge in [0.05, 0.1) is 5.57 Å². The number of hydrogen-bond acceptors (Lipinski definition) is 4. The minimum atomic E-state index is -0.343. The summed E-state index contributed by atoms with van der Waals surface area (Å²) in [5.41, 5.74) is 7.09. The highest BCUT2D eigenvalue weighted by atomic mass is 19.1. The average molecular weight is 642 g/mol. The van der Waals surface area contributed by atoms with Crippen molar-refractivity contribution in [2.75, 3.05) is 26.0 Å². The van der Waals surface area contributed by atoms with Crippen molar-refractivity contribution in [1.82, 2.24) is 20.5 Å². The molecule has 0 unspecified atom stereocenters. The van der Waals surface area contributed by atoms with Gasteiger partial charge in [0.25, 0.3) is 5.91 Å². The van der Waals surface area contributed by atoms with E-state index in [0.717, 1.165) is 29.1 Å². The number of carbonyl (C=O) groups is 4. The first-order chi connectivity index (χ1) is 21.9. The molecule has 0 radical (unpaired) electrons. The second-order valence-corrected chi connectivity index (χ2v) is 9.44. The number of rotatable bonds is 8. The summed E-state index contributed by atoms with van der Waals surface area (Å²) in [6, 6.07) is 4.33. The van der Waals surface area contributed by atoms with Crippen molar-refractivity contribution in [2.24, 2.45) is 0 Å². The molecule has 1 aliphatic heterocycles. The van der Waals surface area contributed by atoms with Gasteiger partial charge in [0.1, 0.15) is 5.82 Å². The van der Waals surface area contributed by atoms with Crippen LogP contribution in [0.15, 0.2) is 30.0 Å². The standard InChI is InChI=1S/C17H17FN2O.C7H14N2O2.C6H11NO.2C2H6.C2H2/c1-4-12-9(2)16(19-10(12)3)8-14-13-7-11(18)5-6-15(13)20-17(14)21;1-9(2)7(11)4-3-5-8-6-10;1-4-5(2)7-6(3)8;3*1-2/h5-8,19H,4H2,1-3H3,(H,20,21);6H,3-5H2,1-2H3,(H,8,10);4H,1-3H3,(H,7,8);2*1-2H3;1-2H/b14-8-;;5-4+;;;. The first-order valence-corrected chi connectivity index (χ1v) is 15.5. The van der Waals surface area contributed by atoms with Gasteiger partial charge in [-0.15, -0.1) is 12.8 Å². The minimum absolute atomic E-state index is 0.0133. The Morgan fingerprint density at radius 2 is 1.65 bits per heavy atom. The summed E-state index contributed by atoms with van der Waals surface area (Å²) in [5.74, 6) is -0.455.